The molecule has 0 bridgehead atoms. The fourth-order valence-electron chi connectivity index (χ4n) is 4.15. The van der Waals surface area contributed by atoms with Gasteiger partial charge in [0.25, 0.3) is 11.5 Å². The summed E-state index contributed by atoms with van der Waals surface area (Å²) in [6.07, 6.45) is -1.08. The molecule has 8 nitrogen and oxygen atoms in total. The van der Waals surface area contributed by atoms with Crippen LogP contribution in [0.15, 0.2) is 47.3 Å². The molecule has 3 aromatic rings. The van der Waals surface area contributed by atoms with Crippen LogP contribution in [0, 0.1) is 0 Å². The number of H-pyrrole nitrogens is 1. The summed E-state index contributed by atoms with van der Waals surface area (Å²) in [6, 6.07) is 12.3. The molecule has 0 radical (unpaired) electrons. The molecule has 9 heteroatoms. The minimum absolute atomic E-state index is 0.0365. The number of hydrogen-bond acceptors (Lipinski definition) is 6. The topological polar surface area (TPSA) is 105 Å². The van der Waals surface area contributed by atoms with Gasteiger partial charge in [-0.25, -0.2) is 5.10 Å². The first-order valence-corrected chi connectivity index (χ1v) is 10.5. The van der Waals surface area contributed by atoms with E-state index in [2.05, 4.69) is 10.2 Å². The van der Waals surface area contributed by atoms with Crippen LogP contribution in [0.2, 0.25) is 0 Å². The van der Waals surface area contributed by atoms with Gasteiger partial charge in [-0.2, -0.15) is 5.10 Å². The summed E-state index contributed by atoms with van der Waals surface area (Å²) in [5.41, 5.74) is 0.913. The summed E-state index contributed by atoms with van der Waals surface area (Å²) < 4.78 is 12.3. The van der Waals surface area contributed by atoms with E-state index < -0.39 is 24.5 Å². The van der Waals surface area contributed by atoms with Crippen LogP contribution in [0.1, 0.15) is 55.5 Å². The number of aliphatic hydroxyl groups excluding tert-OH is 1. The maximum atomic E-state index is 12.9. The Morgan fingerprint density at radius 2 is 1.75 bits per heavy atom. The summed E-state index contributed by atoms with van der Waals surface area (Å²) in [6.45, 7) is 7.94. The Kier molecular flexibility index (Phi) is 4.56. The van der Waals surface area contributed by atoms with Gasteiger partial charge in [0.15, 0.2) is 6.23 Å². The smallest absolute Gasteiger partial charge is 0.399 e. The minimum atomic E-state index is -1.08. The highest BCUT2D eigenvalue weighted by atomic mass is 16.7. The molecule has 1 atom stereocenters. The number of aromatic nitrogens is 2. The number of rotatable bonds is 3. The molecule has 164 valence electrons. The largest absolute Gasteiger partial charge is 0.494 e. The molecule has 5 rings (SSSR count). The maximum Gasteiger partial charge on any atom is 0.494 e. The summed E-state index contributed by atoms with van der Waals surface area (Å²) in [5, 5.41) is 18.4. The highest BCUT2D eigenvalue weighted by Crippen LogP contribution is 2.37. The Balaban J connectivity index is 1.54. The predicted octanol–water partition coefficient (Wildman–Crippen LogP) is 1.87. The maximum absolute atomic E-state index is 12.9. The molecule has 2 aliphatic heterocycles. The fraction of sp³-hybridized carbons (Fsp3) is 0.348. The Hall–Kier alpha value is -3.01. The molecule has 3 heterocycles. The summed E-state index contributed by atoms with van der Waals surface area (Å²) in [7, 11) is -0.597. The van der Waals surface area contributed by atoms with E-state index in [1.165, 1.54) is 4.90 Å². The van der Waals surface area contributed by atoms with Gasteiger partial charge in [0, 0.05) is 16.5 Å². The van der Waals surface area contributed by atoms with E-state index in [9.17, 15) is 14.7 Å². The van der Waals surface area contributed by atoms with Crippen molar-refractivity contribution in [3.8, 4) is 0 Å². The van der Waals surface area contributed by atoms with Crippen molar-refractivity contribution in [2.24, 2.45) is 0 Å². The van der Waals surface area contributed by atoms with Gasteiger partial charge in [-0.1, -0.05) is 30.3 Å². The number of amides is 1. The standard InChI is InChI=1S/C23H24BN3O5/c1-22(2)23(3,4)32-24(31-22)13-9-10-14-17(11-13)18(25-26-19(14)28)12-27-20(29)15-7-5-6-8-16(15)21(27)30/h5-11,20,29H,12H2,1-4H3,(H,26,28). The lowest BCUT2D eigenvalue weighted by Crippen LogP contribution is -2.41. The molecule has 1 saturated heterocycles. The highest BCUT2D eigenvalue weighted by Gasteiger charge is 2.51. The van der Waals surface area contributed by atoms with Crippen molar-refractivity contribution in [3.63, 3.8) is 0 Å². The monoisotopic (exact) mass is 433 g/mol. The van der Waals surface area contributed by atoms with E-state index in [4.69, 9.17) is 9.31 Å². The van der Waals surface area contributed by atoms with Gasteiger partial charge in [-0.05, 0) is 45.3 Å². The van der Waals surface area contributed by atoms with Crippen molar-refractivity contribution in [2.45, 2.75) is 51.7 Å². The number of nitrogens with one attached hydrogen (secondary N) is 1. The van der Waals surface area contributed by atoms with E-state index >= 15 is 0 Å². The second-order valence-corrected chi connectivity index (χ2v) is 9.29. The van der Waals surface area contributed by atoms with Crippen LogP contribution in [-0.4, -0.2) is 44.4 Å². The lowest BCUT2D eigenvalue weighted by molar-refractivity contribution is 0.00578. The molecule has 0 spiro atoms. The number of nitrogens with zero attached hydrogens (tertiary/aromatic N) is 2. The van der Waals surface area contributed by atoms with Crippen LogP contribution in [0.3, 0.4) is 0 Å². The van der Waals surface area contributed by atoms with Gasteiger partial charge < -0.3 is 19.3 Å². The third-order valence-corrected chi connectivity index (χ3v) is 6.76. The molecule has 2 aromatic carbocycles. The molecule has 1 amide bonds. The van der Waals surface area contributed by atoms with Crippen LogP contribution >= 0.6 is 0 Å². The van der Waals surface area contributed by atoms with E-state index in [0.717, 1.165) is 5.46 Å². The average Bonchev–Trinajstić information content (AvgIpc) is 3.13. The first kappa shape index (κ1) is 20.9. The molecule has 2 aliphatic rings. The molecule has 1 fully saturated rings. The zero-order valence-corrected chi connectivity index (χ0v) is 18.4. The van der Waals surface area contributed by atoms with Crippen LogP contribution < -0.4 is 11.0 Å². The second kappa shape index (κ2) is 7.00. The second-order valence-electron chi connectivity index (χ2n) is 9.29. The van der Waals surface area contributed by atoms with Crippen molar-refractivity contribution >= 4 is 29.3 Å². The molecular weight excluding hydrogens is 409 g/mol. The quantitative estimate of drug-likeness (QED) is 0.612. The highest BCUT2D eigenvalue weighted by molar-refractivity contribution is 6.62. The molecule has 0 aliphatic carbocycles. The summed E-state index contributed by atoms with van der Waals surface area (Å²) in [5.74, 6) is -0.281. The number of aromatic amines is 1. The molecular formula is C23H24BN3O5. The third kappa shape index (κ3) is 3.08. The van der Waals surface area contributed by atoms with Gasteiger partial charge in [0.2, 0.25) is 0 Å². The van der Waals surface area contributed by atoms with Crippen molar-refractivity contribution in [2.75, 3.05) is 0 Å². The Morgan fingerprint density at radius 3 is 2.44 bits per heavy atom. The molecule has 1 unspecified atom stereocenters. The number of aliphatic hydroxyl groups is 1. The van der Waals surface area contributed by atoms with E-state index in [-0.39, 0.29) is 18.0 Å². The lowest BCUT2D eigenvalue weighted by Gasteiger charge is -2.32. The van der Waals surface area contributed by atoms with Crippen LogP contribution in [0.5, 0.6) is 0 Å². The van der Waals surface area contributed by atoms with Crippen molar-refractivity contribution in [1.82, 2.24) is 15.1 Å². The molecule has 1 aromatic heterocycles. The van der Waals surface area contributed by atoms with E-state index in [1.807, 2.05) is 33.8 Å². The zero-order valence-electron chi connectivity index (χ0n) is 18.4. The normalized spacial score (nSPS) is 21.4. The number of carbonyl (C=O) groups is 1. The number of benzene rings is 2. The van der Waals surface area contributed by atoms with Crippen molar-refractivity contribution in [1.29, 1.82) is 0 Å². The van der Waals surface area contributed by atoms with Gasteiger partial charge in [-0.3, -0.25) is 9.59 Å². The minimum Gasteiger partial charge on any atom is -0.399 e. The first-order chi connectivity index (χ1) is 15.1. The van der Waals surface area contributed by atoms with Gasteiger partial charge in [0.05, 0.1) is 28.8 Å². The first-order valence-electron chi connectivity index (χ1n) is 10.5. The SMILES string of the molecule is CC1(C)OB(c2ccc3c(=O)[nH]nc(CN4C(=O)c5ccccc5C4O)c3c2)OC1(C)C. The Bertz CT molecular complexity index is 1290. The molecule has 0 saturated carbocycles. The summed E-state index contributed by atoms with van der Waals surface area (Å²) >= 11 is 0. The Labute approximate surface area is 185 Å². The fourth-order valence-corrected chi connectivity index (χ4v) is 4.15. The predicted molar refractivity (Wildman–Crippen MR) is 119 cm³/mol. The van der Waals surface area contributed by atoms with Gasteiger partial charge >= 0.3 is 7.12 Å². The van der Waals surface area contributed by atoms with Gasteiger partial charge in [0.1, 0.15) is 0 Å². The van der Waals surface area contributed by atoms with Crippen LogP contribution in [0.4, 0.5) is 0 Å². The van der Waals surface area contributed by atoms with Crippen molar-refractivity contribution in [3.05, 3.63) is 69.6 Å². The van der Waals surface area contributed by atoms with Crippen LogP contribution in [-0.2, 0) is 15.9 Å². The number of carbonyl (C=O) groups excluding carboxylic acids is 1. The average molecular weight is 433 g/mol. The van der Waals surface area contributed by atoms with Crippen molar-refractivity contribution < 1.29 is 19.2 Å². The van der Waals surface area contributed by atoms with E-state index in [0.29, 0.717) is 27.6 Å². The number of fused-ring (bicyclic) bond motifs is 2. The van der Waals surface area contributed by atoms with E-state index in [1.54, 1.807) is 36.4 Å². The van der Waals surface area contributed by atoms with Gasteiger partial charge in [-0.15, -0.1) is 0 Å². The van der Waals surface area contributed by atoms with Crippen LogP contribution in [0.25, 0.3) is 10.8 Å². The zero-order chi connectivity index (χ0) is 22.8. The molecule has 2 N–H and O–H groups in total. The number of hydrogen-bond donors (Lipinski definition) is 2. The lowest BCUT2D eigenvalue weighted by atomic mass is 9.78. The molecule has 32 heavy (non-hydrogen) atoms. The third-order valence-electron chi connectivity index (χ3n) is 6.76. The summed E-state index contributed by atoms with van der Waals surface area (Å²) in [4.78, 5) is 26.6. The Morgan fingerprint density at radius 1 is 1.06 bits per heavy atom.